The molecule has 1 rings (SSSR count). The fourth-order valence-corrected chi connectivity index (χ4v) is 1.03. The van der Waals surface area contributed by atoms with E-state index in [9.17, 15) is 0 Å². The van der Waals surface area contributed by atoms with Gasteiger partial charge in [0.25, 0.3) is 0 Å². The molecule has 1 aliphatic carbocycles. The average Bonchev–Trinajstić information content (AvgIpc) is 1.77. The van der Waals surface area contributed by atoms with Gasteiger partial charge in [-0.15, -0.1) is 12.6 Å². The highest BCUT2D eigenvalue weighted by Gasteiger charge is 2.02. The summed E-state index contributed by atoms with van der Waals surface area (Å²) in [6.07, 6.45) is 7.22. The first-order valence-corrected chi connectivity index (χ1v) is 3.51. The van der Waals surface area contributed by atoms with E-state index in [0.29, 0.717) is 0 Å². The Labute approximate surface area is 60.5 Å². The monoisotopic (exact) mass is 144 g/mol. The van der Waals surface area contributed by atoms with E-state index in [2.05, 4.69) is 37.4 Å². The first kappa shape index (κ1) is 6.30. The molecule has 2 heteroatoms. The fourth-order valence-electron chi connectivity index (χ4n) is 0.616. The lowest BCUT2D eigenvalue weighted by molar-refractivity contribution is 1.23. The maximum absolute atomic E-state index is 4.22. The topological polar surface area (TPSA) is 0 Å². The molecule has 0 amide bonds. The van der Waals surface area contributed by atoms with E-state index >= 15 is 0 Å². The highest BCUT2D eigenvalue weighted by atomic mass is 32.1. The number of allylic oxidation sites excluding steroid dienone is 2. The smallest absolute Gasteiger partial charge is 0.0501 e. The predicted octanol–water partition coefficient (Wildman–Crippen LogP) is 2.06. The van der Waals surface area contributed by atoms with Crippen molar-refractivity contribution in [2.24, 2.45) is 0 Å². The predicted molar refractivity (Wildman–Crippen MR) is 43.6 cm³/mol. The SMILES string of the molecule is SC1=CCC=CC1S. The summed E-state index contributed by atoms with van der Waals surface area (Å²) < 4.78 is 0. The molecule has 44 valence electrons. The standard InChI is InChI=1S/C6H8S2/c7-5-3-1-2-4-6(5)8/h1,3-5,7-8H,2H2. The molecule has 0 aromatic heterocycles. The first-order valence-electron chi connectivity index (χ1n) is 2.54. The Hall–Kier alpha value is 0.180. The second kappa shape index (κ2) is 2.65. The normalized spacial score (nSPS) is 27.8. The van der Waals surface area contributed by atoms with Crippen molar-refractivity contribution in [3.63, 3.8) is 0 Å². The molecule has 0 saturated carbocycles. The van der Waals surface area contributed by atoms with Gasteiger partial charge in [0.1, 0.15) is 0 Å². The van der Waals surface area contributed by atoms with Gasteiger partial charge >= 0.3 is 0 Å². The van der Waals surface area contributed by atoms with Crippen molar-refractivity contribution in [1.29, 1.82) is 0 Å². The molecule has 0 aliphatic heterocycles. The van der Waals surface area contributed by atoms with Crippen LogP contribution >= 0.6 is 25.3 Å². The minimum atomic E-state index is 0.243. The number of hydrogen-bond donors (Lipinski definition) is 2. The third-order valence-corrected chi connectivity index (χ3v) is 2.20. The van der Waals surface area contributed by atoms with Crippen LogP contribution in [0.2, 0.25) is 0 Å². The van der Waals surface area contributed by atoms with Crippen LogP contribution < -0.4 is 0 Å². The van der Waals surface area contributed by atoms with E-state index in [1.54, 1.807) is 0 Å². The Morgan fingerprint density at radius 3 is 2.75 bits per heavy atom. The second-order valence-corrected chi connectivity index (χ2v) is 2.81. The van der Waals surface area contributed by atoms with Crippen LogP contribution in [0.5, 0.6) is 0 Å². The zero-order chi connectivity index (χ0) is 5.98. The molecular formula is C6H8S2. The molecule has 0 aromatic rings. The van der Waals surface area contributed by atoms with E-state index in [4.69, 9.17) is 0 Å². The highest BCUT2D eigenvalue weighted by Crippen LogP contribution is 2.19. The van der Waals surface area contributed by atoms with Gasteiger partial charge in [0, 0.05) is 0 Å². The Morgan fingerprint density at radius 2 is 2.38 bits per heavy atom. The molecule has 0 N–H and O–H groups in total. The average molecular weight is 144 g/mol. The van der Waals surface area contributed by atoms with E-state index in [1.165, 1.54) is 0 Å². The Kier molecular flexibility index (Phi) is 2.08. The molecule has 8 heavy (non-hydrogen) atoms. The summed E-state index contributed by atoms with van der Waals surface area (Å²) in [5, 5.41) is 0.243. The molecule has 1 unspecified atom stereocenters. The molecule has 1 aliphatic rings. The quantitative estimate of drug-likeness (QED) is 0.377. The molecule has 0 heterocycles. The van der Waals surface area contributed by atoms with Gasteiger partial charge in [0.15, 0.2) is 0 Å². The van der Waals surface area contributed by atoms with Crippen molar-refractivity contribution >= 4 is 25.3 Å². The molecule has 0 nitrogen and oxygen atoms in total. The van der Waals surface area contributed by atoms with Gasteiger partial charge in [-0.25, -0.2) is 0 Å². The molecule has 1 atom stereocenters. The zero-order valence-corrected chi connectivity index (χ0v) is 6.20. The highest BCUT2D eigenvalue weighted by molar-refractivity contribution is 7.88. The van der Waals surface area contributed by atoms with Gasteiger partial charge in [0.05, 0.1) is 5.25 Å². The van der Waals surface area contributed by atoms with Crippen LogP contribution in [0, 0.1) is 0 Å². The van der Waals surface area contributed by atoms with Gasteiger partial charge < -0.3 is 0 Å². The molecule has 0 radical (unpaired) electrons. The van der Waals surface area contributed by atoms with Crippen LogP contribution in [0.3, 0.4) is 0 Å². The van der Waals surface area contributed by atoms with E-state index in [-0.39, 0.29) is 5.25 Å². The van der Waals surface area contributed by atoms with Crippen molar-refractivity contribution in [3.05, 3.63) is 23.1 Å². The lowest BCUT2D eigenvalue weighted by Crippen LogP contribution is -1.95. The molecule has 0 bridgehead atoms. The van der Waals surface area contributed by atoms with Crippen molar-refractivity contribution in [2.75, 3.05) is 0 Å². The lowest BCUT2D eigenvalue weighted by atomic mass is 10.2. The molecule has 0 fully saturated rings. The maximum atomic E-state index is 4.22. The maximum Gasteiger partial charge on any atom is 0.0501 e. The van der Waals surface area contributed by atoms with Crippen LogP contribution in [-0.4, -0.2) is 5.25 Å². The summed E-state index contributed by atoms with van der Waals surface area (Å²) in [6, 6.07) is 0. The third-order valence-electron chi connectivity index (χ3n) is 1.08. The lowest BCUT2D eigenvalue weighted by Gasteiger charge is -2.07. The van der Waals surface area contributed by atoms with E-state index in [0.717, 1.165) is 11.3 Å². The minimum absolute atomic E-state index is 0.243. The summed E-state index contributed by atoms with van der Waals surface area (Å²) in [4.78, 5) is 1.07. The number of rotatable bonds is 0. The van der Waals surface area contributed by atoms with Crippen molar-refractivity contribution < 1.29 is 0 Å². The molecule has 0 spiro atoms. The van der Waals surface area contributed by atoms with Gasteiger partial charge in [-0.05, 0) is 11.3 Å². The van der Waals surface area contributed by atoms with E-state index in [1.807, 2.05) is 6.08 Å². The Bertz CT molecular complexity index is 135. The van der Waals surface area contributed by atoms with Crippen molar-refractivity contribution in [2.45, 2.75) is 11.7 Å². The van der Waals surface area contributed by atoms with Gasteiger partial charge in [-0.3, -0.25) is 0 Å². The molecule has 0 aromatic carbocycles. The van der Waals surface area contributed by atoms with Crippen molar-refractivity contribution in [3.8, 4) is 0 Å². The summed E-state index contributed by atoms with van der Waals surface area (Å²) in [6.45, 7) is 0. The van der Waals surface area contributed by atoms with Crippen LogP contribution in [0.4, 0.5) is 0 Å². The fraction of sp³-hybridized carbons (Fsp3) is 0.333. The first-order chi connectivity index (χ1) is 3.80. The van der Waals surface area contributed by atoms with Crippen molar-refractivity contribution in [1.82, 2.24) is 0 Å². The van der Waals surface area contributed by atoms with Gasteiger partial charge in [-0.2, -0.15) is 12.6 Å². The summed E-state index contributed by atoms with van der Waals surface area (Å²) >= 11 is 8.41. The summed E-state index contributed by atoms with van der Waals surface area (Å²) in [5.41, 5.74) is 0. The molecule has 0 saturated heterocycles. The number of hydrogen-bond acceptors (Lipinski definition) is 2. The third kappa shape index (κ3) is 1.33. The minimum Gasteiger partial charge on any atom is -0.166 e. The largest absolute Gasteiger partial charge is 0.166 e. The Morgan fingerprint density at radius 1 is 1.62 bits per heavy atom. The zero-order valence-electron chi connectivity index (χ0n) is 4.41. The molecular weight excluding hydrogens is 136 g/mol. The summed E-state index contributed by atoms with van der Waals surface area (Å²) in [5.74, 6) is 0. The van der Waals surface area contributed by atoms with Crippen LogP contribution in [0.15, 0.2) is 23.1 Å². The van der Waals surface area contributed by atoms with Crippen LogP contribution in [-0.2, 0) is 0 Å². The Balaban J connectivity index is 2.63. The van der Waals surface area contributed by atoms with Crippen LogP contribution in [0.1, 0.15) is 6.42 Å². The van der Waals surface area contributed by atoms with E-state index < -0.39 is 0 Å². The summed E-state index contributed by atoms with van der Waals surface area (Å²) in [7, 11) is 0. The van der Waals surface area contributed by atoms with Gasteiger partial charge in [-0.1, -0.05) is 18.2 Å². The van der Waals surface area contributed by atoms with Crippen LogP contribution in [0.25, 0.3) is 0 Å². The number of thiol groups is 2. The second-order valence-electron chi connectivity index (χ2n) is 1.74. The van der Waals surface area contributed by atoms with Gasteiger partial charge in [0.2, 0.25) is 0 Å².